The largest absolute Gasteiger partial charge is 0.493 e. The first-order valence-electron chi connectivity index (χ1n) is 9.47. The molecule has 3 aromatic carbocycles. The van der Waals surface area contributed by atoms with Crippen LogP contribution in [-0.4, -0.2) is 24.6 Å². The Bertz CT molecular complexity index is 1040. The van der Waals surface area contributed by atoms with Gasteiger partial charge in [-0.3, -0.25) is 14.9 Å². The summed E-state index contributed by atoms with van der Waals surface area (Å²) < 4.78 is 39.9. The van der Waals surface area contributed by atoms with Crippen molar-refractivity contribution in [2.45, 2.75) is 19.1 Å². The van der Waals surface area contributed by atoms with Crippen LogP contribution in [0.3, 0.4) is 0 Å². The van der Waals surface area contributed by atoms with Crippen LogP contribution in [0.4, 0.5) is 14.5 Å². The summed E-state index contributed by atoms with van der Waals surface area (Å²) in [5.74, 6) is -2.01. The summed E-state index contributed by atoms with van der Waals surface area (Å²) >= 11 is 0. The molecule has 0 atom stereocenters. The van der Waals surface area contributed by atoms with Gasteiger partial charge in [-0.1, -0.05) is 60.7 Å². The fourth-order valence-electron chi connectivity index (χ4n) is 3.21. The molecule has 0 saturated carbocycles. The normalized spacial score (nSPS) is 10.8. The minimum absolute atomic E-state index is 0.0262. The molecule has 0 amide bonds. The van der Waals surface area contributed by atoms with Crippen molar-refractivity contribution in [3.05, 3.63) is 99.6 Å². The minimum atomic E-state index is -3.19. The first-order chi connectivity index (χ1) is 15.4. The first-order valence-corrected chi connectivity index (χ1v) is 9.47. The summed E-state index contributed by atoms with van der Waals surface area (Å²) in [4.78, 5) is 23.7. The average molecular weight is 443 g/mol. The van der Waals surface area contributed by atoms with Crippen molar-refractivity contribution in [2.75, 3.05) is 7.11 Å². The molecular formula is C23H19F2NO6. The molecule has 0 aromatic heterocycles. The maximum atomic E-state index is 13.0. The summed E-state index contributed by atoms with van der Waals surface area (Å²) in [6.07, 6.45) is 0. The summed E-state index contributed by atoms with van der Waals surface area (Å²) in [6, 6.07) is 19.9. The molecule has 0 saturated heterocycles. The lowest BCUT2D eigenvalue weighted by atomic mass is 9.91. The molecular weight excluding hydrogens is 424 g/mol. The Labute approximate surface area is 182 Å². The maximum Gasteiger partial charge on any atom is 0.387 e. The number of nitrogens with zero attached hydrogens (tertiary/aromatic N) is 1. The number of alkyl halides is 2. The molecule has 9 heteroatoms. The molecule has 0 radical (unpaired) electrons. The van der Waals surface area contributed by atoms with Gasteiger partial charge >= 0.3 is 12.6 Å². The Balaban J connectivity index is 1.90. The highest BCUT2D eigenvalue weighted by atomic mass is 19.3. The van der Waals surface area contributed by atoms with Gasteiger partial charge in [0.05, 0.1) is 23.7 Å². The number of esters is 1. The highest BCUT2D eigenvalue weighted by Crippen LogP contribution is 2.36. The zero-order valence-corrected chi connectivity index (χ0v) is 16.9. The number of ether oxygens (including phenoxy) is 3. The third kappa shape index (κ3) is 5.37. The van der Waals surface area contributed by atoms with E-state index in [0.717, 1.165) is 12.1 Å². The topological polar surface area (TPSA) is 87.9 Å². The lowest BCUT2D eigenvalue weighted by Crippen LogP contribution is -2.17. The number of halogens is 2. The molecule has 0 fully saturated rings. The molecule has 0 heterocycles. The number of hydrogen-bond donors (Lipinski definition) is 0. The Kier molecular flexibility index (Phi) is 7.33. The molecule has 0 aliphatic carbocycles. The summed E-state index contributed by atoms with van der Waals surface area (Å²) in [7, 11) is 1.20. The lowest BCUT2D eigenvalue weighted by Gasteiger charge is -2.17. The molecule has 0 bridgehead atoms. The standard InChI is InChI=1S/C23H19F2NO6/c1-30-19-12-17(18(26(28)29)13-20(19)32-23(24)25)14-31-22(27)21(15-8-4-2-5-9-15)16-10-6-3-7-11-16/h2-13,21,23H,14H2,1H3. The number of hydrogen-bond acceptors (Lipinski definition) is 6. The zero-order chi connectivity index (χ0) is 23.1. The van der Waals surface area contributed by atoms with Crippen molar-refractivity contribution in [3.8, 4) is 11.5 Å². The van der Waals surface area contributed by atoms with Crippen LogP contribution in [0.25, 0.3) is 0 Å². The molecule has 0 N–H and O–H groups in total. The number of methoxy groups -OCH3 is 1. The smallest absolute Gasteiger partial charge is 0.387 e. The third-order valence-electron chi connectivity index (χ3n) is 4.65. The first kappa shape index (κ1) is 22.7. The average Bonchev–Trinajstić information content (AvgIpc) is 2.79. The second-order valence-corrected chi connectivity index (χ2v) is 6.63. The zero-order valence-electron chi connectivity index (χ0n) is 16.9. The van der Waals surface area contributed by atoms with Gasteiger partial charge in [-0.2, -0.15) is 8.78 Å². The van der Waals surface area contributed by atoms with E-state index in [1.165, 1.54) is 7.11 Å². The lowest BCUT2D eigenvalue weighted by molar-refractivity contribution is -0.386. The highest BCUT2D eigenvalue weighted by molar-refractivity contribution is 5.82. The molecule has 0 aliphatic rings. The van der Waals surface area contributed by atoms with Gasteiger partial charge in [-0.15, -0.1) is 0 Å². The van der Waals surface area contributed by atoms with Gasteiger partial charge in [0.25, 0.3) is 5.69 Å². The van der Waals surface area contributed by atoms with Gasteiger partial charge in [0.15, 0.2) is 11.5 Å². The molecule has 166 valence electrons. The Morgan fingerprint density at radius 3 is 2.00 bits per heavy atom. The molecule has 3 rings (SSSR count). The van der Waals surface area contributed by atoms with E-state index in [0.29, 0.717) is 11.1 Å². The highest BCUT2D eigenvalue weighted by Gasteiger charge is 2.27. The van der Waals surface area contributed by atoms with E-state index in [9.17, 15) is 23.7 Å². The Morgan fingerprint density at radius 2 is 1.53 bits per heavy atom. The molecule has 0 unspecified atom stereocenters. The van der Waals surface area contributed by atoms with E-state index >= 15 is 0 Å². The number of rotatable bonds is 9. The van der Waals surface area contributed by atoms with Crippen LogP contribution in [0.15, 0.2) is 72.8 Å². The minimum Gasteiger partial charge on any atom is -0.493 e. The molecule has 0 spiro atoms. The third-order valence-corrected chi connectivity index (χ3v) is 4.65. The summed E-state index contributed by atoms with van der Waals surface area (Å²) in [5, 5.41) is 11.5. The molecule has 32 heavy (non-hydrogen) atoms. The van der Waals surface area contributed by atoms with E-state index in [-0.39, 0.29) is 11.3 Å². The maximum absolute atomic E-state index is 13.0. The van der Waals surface area contributed by atoms with Crippen molar-refractivity contribution in [1.82, 2.24) is 0 Å². The number of nitro benzene ring substituents is 1. The molecule has 3 aromatic rings. The predicted octanol–water partition coefficient (Wildman–Crippen LogP) is 5.08. The predicted molar refractivity (Wildman–Crippen MR) is 111 cm³/mol. The monoisotopic (exact) mass is 443 g/mol. The van der Waals surface area contributed by atoms with Crippen LogP contribution in [0.5, 0.6) is 11.5 Å². The van der Waals surface area contributed by atoms with Crippen molar-refractivity contribution in [2.24, 2.45) is 0 Å². The second-order valence-electron chi connectivity index (χ2n) is 6.63. The van der Waals surface area contributed by atoms with Crippen LogP contribution >= 0.6 is 0 Å². The number of carbonyl (C=O) groups is 1. The van der Waals surface area contributed by atoms with E-state index in [4.69, 9.17) is 9.47 Å². The van der Waals surface area contributed by atoms with Crippen LogP contribution in [-0.2, 0) is 16.1 Å². The van der Waals surface area contributed by atoms with Crippen molar-refractivity contribution >= 4 is 11.7 Å². The SMILES string of the molecule is COc1cc(COC(=O)C(c2ccccc2)c2ccccc2)c([N+](=O)[O-])cc1OC(F)F. The van der Waals surface area contributed by atoms with Crippen molar-refractivity contribution in [3.63, 3.8) is 0 Å². The van der Waals surface area contributed by atoms with Gasteiger partial charge in [-0.05, 0) is 17.2 Å². The van der Waals surface area contributed by atoms with Crippen molar-refractivity contribution in [1.29, 1.82) is 0 Å². The number of carbonyl (C=O) groups excluding carboxylic acids is 1. The number of nitro groups is 1. The second kappa shape index (κ2) is 10.3. The van der Waals surface area contributed by atoms with Crippen LogP contribution < -0.4 is 9.47 Å². The van der Waals surface area contributed by atoms with Gasteiger partial charge in [0, 0.05) is 0 Å². The van der Waals surface area contributed by atoms with Crippen LogP contribution in [0, 0.1) is 10.1 Å². The van der Waals surface area contributed by atoms with Gasteiger partial charge in [-0.25, -0.2) is 0 Å². The van der Waals surface area contributed by atoms with E-state index in [2.05, 4.69) is 4.74 Å². The van der Waals surface area contributed by atoms with E-state index in [1.807, 2.05) is 12.1 Å². The Morgan fingerprint density at radius 1 is 0.969 bits per heavy atom. The summed E-state index contributed by atoms with van der Waals surface area (Å²) in [5.41, 5.74) is 0.819. The van der Waals surface area contributed by atoms with E-state index in [1.54, 1.807) is 48.5 Å². The quantitative estimate of drug-likeness (QED) is 0.260. The molecule has 0 aliphatic heterocycles. The van der Waals surface area contributed by atoms with Gasteiger partial charge < -0.3 is 14.2 Å². The van der Waals surface area contributed by atoms with Gasteiger partial charge in [0.1, 0.15) is 12.5 Å². The van der Waals surface area contributed by atoms with Crippen LogP contribution in [0.2, 0.25) is 0 Å². The Hall–Kier alpha value is -4.01. The fourth-order valence-corrected chi connectivity index (χ4v) is 3.21. The van der Waals surface area contributed by atoms with Crippen LogP contribution in [0.1, 0.15) is 22.6 Å². The van der Waals surface area contributed by atoms with E-state index < -0.39 is 41.5 Å². The summed E-state index contributed by atoms with van der Waals surface area (Å²) in [6.45, 7) is -3.65. The fraction of sp³-hybridized carbons (Fsp3) is 0.174. The number of benzene rings is 3. The van der Waals surface area contributed by atoms with Gasteiger partial charge in [0.2, 0.25) is 0 Å². The van der Waals surface area contributed by atoms with Crippen molar-refractivity contribution < 1.29 is 32.7 Å². The molecule has 7 nitrogen and oxygen atoms in total.